The zero-order valence-corrected chi connectivity index (χ0v) is 12.1. The maximum absolute atomic E-state index is 5.05. The molecule has 1 aliphatic rings. The molecule has 106 valence electrons. The second-order valence-electron chi connectivity index (χ2n) is 5.44. The van der Waals surface area contributed by atoms with E-state index in [1.807, 2.05) is 0 Å². The van der Waals surface area contributed by atoms with Crippen molar-refractivity contribution in [2.45, 2.75) is 25.3 Å². The SMILES string of the molecule is COCCNCC(C)N1CCC(c2ccccc2)C1. The lowest BCUT2D eigenvalue weighted by atomic mass is 9.99. The topological polar surface area (TPSA) is 24.5 Å². The van der Waals surface area contributed by atoms with Crippen LogP contribution in [0.4, 0.5) is 0 Å². The average Bonchev–Trinajstić information content (AvgIpc) is 2.94. The van der Waals surface area contributed by atoms with Crippen molar-refractivity contribution >= 4 is 0 Å². The quantitative estimate of drug-likeness (QED) is 0.762. The van der Waals surface area contributed by atoms with Crippen molar-refractivity contribution in [3.8, 4) is 0 Å². The molecular formula is C16H26N2O. The van der Waals surface area contributed by atoms with E-state index < -0.39 is 0 Å². The van der Waals surface area contributed by atoms with E-state index in [0.717, 1.165) is 19.7 Å². The standard InChI is InChI=1S/C16H26N2O/c1-14(12-17-9-11-19-2)18-10-8-16(13-18)15-6-4-3-5-7-15/h3-7,14,16-17H,8-13H2,1-2H3. The Hall–Kier alpha value is -0.900. The van der Waals surface area contributed by atoms with Gasteiger partial charge in [-0.2, -0.15) is 0 Å². The molecule has 0 amide bonds. The second-order valence-corrected chi connectivity index (χ2v) is 5.44. The van der Waals surface area contributed by atoms with Crippen molar-refractivity contribution in [1.82, 2.24) is 10.2 Å². The summed E-state index contributed by atoms with van der Waals surface area (Å²) in [5.41, 5.74) is 1.49. The number of nitrogens with one attached hydrogen (secondary N) is 1. The second kappa shape index (κ2) is 7.63. The Bertz CT molecular complexity index is 355. The van der Waals surface area contributed by atoms with Crippen molar-refractivity contribution in [3.05, 3.63) is 35.9 Å². The Labute approximate surface area is 116 Å². The van der Waals surface area contributed by atoms with E-state index in [0.29, 0.717) is 12.0 Å². The summed E-state index contributed by atoms with van der Waals surface area (Å²) >= 11 is 0. The summed E-state index contributed by atoms with van der Waals surface area (Å²) in [6, 6.07) is 11.5. The molecule has 0 radical (unpaired) electrons. The highest BCUT2D eigenvalue weighted by atomic mass is 16.5. The fourth-order valence-electron chi connectivity index (χ4n) is 2.80. The highest BCUT2D eigenvalue weighted by molar-refractivity contribution is 5.21. The summed E-state index contributed by atoms with van der Waals surface area (Å²) in [6.07, 6.45) is 1.28. The number of methoxy groups -OCH3 is 1. The zero-order chi connectivity index (χ0) is 13.5. The van der Waals surface area contributed by atoms with Gasteiger partial charge in [0.05, 0.1) is 6.61 Å². The average molecular weight is 262 g/mol. The molecule has 3 nitrogen and oxygen atoms in total. The number of benzene rings is 1. The van der Waals surface area contributed by atoms with E-state index in [1.165, 1.54) is 25.1 Å². The van der Waals surface area contributed by atoms with Gasteiger partial charge in [0.2, 0.25) is 0 Å². The third kappa shape index (κ3) is 4.30. The number of nitrogens with zero attached hydrogens (tertiary/aromatic N) is 1. The molecule has 0 aliphatic carbocycles. The molecule has 2 rings (SSSR count). The highest BCUT2D eigenvalue weighted by Crippen LogP contribution is 2.27. The first-order chi connectivity index (χ1) is 9.31. The monoisotopic (exact) mass is 262 g/mol. The molecule has 1 aromatic carbocycles. The summed E-state index contributed by atoms with van der Waals surface area (Å²) in [7, 11) is 1.75. The van der Waals surface area contributed by atoms with Crippen molar-refractivity contribution < 1.29 is 4.74 Å². The molecule has 1 N–H and O–H groups in total. The molecule has 1 saturated heterocycles. The third-order valence-corrected chi connectivity index (χ3v) is 4.04. The lowest BCUT2D eigenvalue weighted by Gasteiger charge is -2.24. The number of likely N-dealkylation sites (tertiary alicyclic amines) is 1. The van der Waals surface area contributed by atoms with Gasteiger partial charge in [0, 0.05) is 32.8 Å². The van der Waals surface area contributed by atoms with Gasteiger partial charge in [0.1, 0.15) is 0 Å². The molecule has 3 heteroatoms. The van der Waals surface area contributed by atoms with E-state index in [1.54, 1.807) is 7.11 Å². The molecule has 0 bridgehead atoms. The first-order valence-corrected chi connectivity index (χ1v) is 7.30. The van der Waals surface area contributed by atoms with Gasteiger partial charge in [0.15, 0.2) is 0 Å². The number of ether oxygens (including phenoxy) is 1. The highest BCUT2D eigenvalue weighted by Gasteiger charge is 2.26. The van der Waals surface area contributed by atoms with Gasteiger partial charge in [-0.1, -0.05) is 30.3 Å². The van der Waals surface area contributed by atoms with Crippen molar-refractivity contribution in [2.24, 2.45) is 0 Å². The molecule has 1 fully saturated rings. The van der Waals surface area contributed by atoms with Crippen LogP contribution in [0.1, 0.15) is 24.8 Å². The van der Waals surface area contributed by atoms with Crippen LogP contribution in [0.5, 0.6) is 0 Å². The minimum atomic E-state index is 0.602. The largest absolute Gasteiger partial charge is 0.383 e. The van der Waals surface area contributed by atoms with Crippen LogP contribution in [-0.4, -0.2) is 50.8 Å². The maximum atomic E-state index is 5.05. The van der Waals surface area contributed by atoms with E-state index in [4.69, 9.17) is 4.74 Å². The van der Waals surface area contributed by atoms with Gasteiger partial charge in [0.25, 0.3) is 0 Å². The number of hydrogen-bond donors (Lipinski definition) is 1. The lowest BCUT2D eigenvalue weighted by molar-refractivity contribution is 0.192. The van der Waals surface area contributed by atoms with Crippen molar-refractivity contribution in [3.63, 3.8) is 0 Å². The predicted octanol–water partition coefficient (Wildman–Crippen LogP) is 2.10. The molecule has 1 aromatic rings. The first kappa shape index (κ1) is 14.5. The molecule has 2 atom stereocenters. The van der Waals surface area contributed by atoms with Crippen LogP contribution in [0, 0.1) is 0 Å². The van der Waals surface area contributed by atoms with Crippen LogP contribution in [0.25, 0.3) is 0 Å². The minimum absolute atomic E-state index is 0.602. The Morgan fingerprint density at radius 1 is 1.37 bits per heavy atom. The molecule has 0 spiro atoms. The Kier molecular flexibility index (Phi) is 5.83. The van der Waals surface area contributed by atoms with Crippen LogP contribution in [0.3, 0.4) is 0 Å². The maximum Gasteiger partial charge on any atom is 0.0587 e. The smallest absolute Gasteiger partial charge is 0.0587 e. The molecule has 19 heavy (non-hydrogen) atoms. The molecular weight excluding hydrogens is 236 g/mol. The van der Waals surface area contributed by atoms with E-state index in [-0.39, 0.29) is 0 Å². The summed E-state index contributed by atoms with van der Waals surface area (Å²) < 4.78 is 5.05. The predicted molar refractivity (Wildman–Crippen MR) is 79.6 cm³/mol. The summed E-state index contributed by atoms with van der Waals surface area (Å²) in [6.45, 7) is 7.50. The summed E-state index contributed by atoms with van der Waals surface area (Å²) in [4.78, 5) is 2.59. The van der Waals surface area contributed by atoms with Crippen molar-refractivity contribution in [2.75, 3.05) is 39.9 Å². The lowest BCUT2D eigenvalue weighted by Crippen LogP contribution is -2.39. The van der Waals surface area contributed by atoms with Gasteiger partial charge in [-0.3, -0.25) is 4.90 Å². The summed E-state index contributed by atoms with van der Waals surface area (Å²) in [5.74, 6) is 0.711. The number of rotatable bonds is 7. The molecule has 1 aliphatic heterocycles. The minimum Gasteiger partial charge on any atom is -0.383 e. The molecule has 1 heterocycles. The van der Waals surface area contributed by atoms with Crippen LogP contribution >= 0.6 is 0 Å². The van der Waals surface area contributed by atoms with Crippen LogP contribution in [-0.2, 0) is 4.74 Å². The molecule has 0 saturated carbocycles. The van der Waals surface area contributed by atoms with E-state index >= 15 is 0 Å². The van der Waals surface area contributed by atoms with Gasteiger partial charge >= 0.3 is 0 Å². The molecule has 2 unspecified atom stereocenters. The summed E-state index contributed by atoms with van der Waals surface area (Å²) in [5, 5.41) is 3.45. The van der Waals surface area contributed by atoms with Gasteiger partial charge in [-0.05, 0) is 31.4 Å². The Morgan fingerprint density at radius 2 is 2.16 bits per heavy atom. The zero-order valence-electron chi connectivity index (χ0n) is 12.1. The van der Waals surface area contributed by atoms with Crippen LogP contribution < -0.4 is 5.32 Å². The number of hydrogen-bond acceptors (Lipinski definition) is 3. The fraction of sp³-hybridized carbons (Fsp3) is 0.625. The normalized spacial score (nSPS) is 21.7. The van der Waals surface area contributed by atoms with Crippen LogP contribution in [0.2, 0.25) is 0 Å². The van der Waals surface area contributed by atoms with E-state index in [9.17, 15) is 0 Å². The fourth-order valence-corrected chi connectivity index (χ4v) is 2.80. The third-order valence-electron chi connectivity index (χ3n) is 4.04. The van der Waals surface area contributed by atoms with Crippen molar-refractivity contribution in [1.29, 1.82) is 0 Å². The Morgan fingerprint density at radius 3 is 2.89 bits per heavy atom. The van der Waals surface area contributed by atoms with Gasteiger partial charge in [-0.25, -0.2) is 0 Å². The van der Waals surface area contributed by atoms with Gasteiger partial charge in [-0.15, -0.1) is 0 Å². The first-order valence-electron chi connectivity index (χ1n) is 7.30. The van der Waals surface area contributed by atoms with Crippen LogP contribution in [0.15, 0.2) is 30.3 Å². The Balaban J connectivity index is 1.75. The van der Waals surface area contributed by atoms with E-state index in [2.05, 4.69) is 47.5 Å². The van der Waals surface area contributed by atoms with Gasteiger partial charge < -0.3 is 10.1 Å². The molecule has 0 aromatic heterocycles.